The molecule has 3 aromatic rings. The molecule has 126 valence electrons. The molecule has 0 amide bonds. The van der Waals surface area contributed by atoms with Crippen molar-refractivity contribution in [2.75, 3.05) is 17.6 Å². The minimum Gasteiger partial charge on any atom is -0.384 e. The van der Waals surface area contributed by atoms with Crippen LogP contribution in [-0.4, -0.2) is 30.3 Å². The molecule has 0 bridgehead atoms. The first kappa shape index (κ1) is 16.4. The van der Waals surface area contributed by atoms with Gasteiger partial charge in [0, 0.05) is 19.3 Å². The molecule has 1 heterocycles. The van der Waals surface area contributed by atoms with E-state index in [1.807, 2.05) is 36.7 Å². The Morgan fingerprint density at radius 2 is 1.88 bits per heavy atom. The van der Waals surface area contributed by atoms with Gasteiger partial charge >= 0.3 is 0 Å². The zero-order chi connectivity index (χ0) is 17.3. The summed E-state index contributed by atoms with van der Waals surface area (Å²) in [5, 5.41) is 3.10. The topological polar surface area (TPSA) is 64.0 Å². The molecule has 3 rings (SSSR count). The third-order valence-corrected chi connectivity index (χ3v) is 5.71. The summed E-state index contributed by atoms with van der Waals surface area (Å²) in [5.41, 5.74) is 2.70. The second-order valence-electron chi connectivity index (χ2n) is 5.62. The number of hydrogen-bond acceptors (Lipinski definition) is 4. The van der Waals surface area contributed by atoms with Crippen molar-refractivity contribution in [2.24, 2.45) is 7.05 Å². The highest BCUT2D eigenvalue weighted by atomic mass is 32.2. The van der Waals surface area contributed by atoms with E-state index in [9.17, 15) is 12.8 Å². The van der Waals surface area contributed by atoms with E-state index in [0.717, 1.165) is 34.7 Å². The average molecular weight is 347 g/mol. The Morgan fingerprint density at radius 3 is 2.58 bits per heavy atom. The number of rotatable bonds is 5. The molecule has 0 fully saturated rings. The van der Waals surface area contributed by atoms with E-state index >= 15 is 0 Å². The number of fused-ring (bicyclic) bond motifs is 1. The van der Waals surface area contributed by atoms with Crippen LogP contribution >= 0.6 is 0 Å². The van der Waals surface area contributed by atoms with Gasteiger partial charge in [0.05, 0.1) is 21.7 Å². The quantitative estimate of drug-likeness (QED) is 0.721. The normalized spacial score (nSPS) is 11.8. The summed E-state index contributed by atoms with van der Waals surface area (Å²) in [4.78, 5) is 4.58. The Morgan fingerprint density at radius 1 is 1.17 bits per heavy atom. The van der Waals surface area contributed by atoms with E-state index in [0.29, 0.717) is 0 Å². The van der Waals surface area contributed by atoms with Gasteiger partial charge in [0.15, 0.2) is 9.84 Å². The fraction of sp³-hybridized carbons (Fsp3) is 0.235. The third-order valence-electron chi connectivity index (χ3n) is 3.98. The molecule has 0 unspecified atom stereocenters. The van der Waals surface area contributed by atoms with Gasteiger partial charge in [-0.3, -0.25) is 0 Å². The fourth-order valence-corrected chi connectivity index (χ4v) is 3.68. The fourth-order valence-electron chi connectivity index (χ4n) is 2.52. The SMILES string of the molecule is Cc1nc2cc(NCCS(=O)(=O)c3ccc(F)cc3)ccc2n1C. The Balaban J connectivity index is 1.68. The van der Waals surface area contributed by atoms with Crippen molar-refractivity contribution in [3.05, 3.63) is 54.1 Å². The number of aryl methyl sites for hydroxylation is 2. The predicted octanol–water partition coefficient (Wildman–Crippen LogP) is 2.91. The minimum atomic E-state index is -3.44. The lowest BCUT2D eigenvalue weighted by atomic mass is 10.2. The monoisotopic (exact) mass is 347 g/mol. The van der Waals surface area contributed by atoms with Gasteiger partial charge in [-0.2, -0.15) is 0 Å². The van der Waals surface area contributed by atoms with Gasteiger partial charge in [-0.25, -0.2) is 17.8 Å². The van der Waals surface area contributed by atoms with Crippen LogP contribution in [0.3, 0.4) is 0 Å². The molecule has 0 radical (unpaired) electrons. The lowest BCUT2D eigenvalue weighted by Crippen LogP contribution is -2.16. The first-order chi connectivity index (χ1) is 11.4. The smallest absolute Gasteiger partial charge is 0.180 e. The van der Waals surface area contributed by atoms with Crippen molar-refractivity contribution >= 4 is 26.6 Å². The number of hydrogen-bond donors (Lipinski definition) is 1. The van der Waals surface area contributed by atoms with Gasteiger partial charge in [0.25, 0.3) is 0 Å². The predicted molar refractivity (Wildman–Crippen MR) is 92.4 cm³/mol. The van der Waals surface area contributed by atoms with E-state index in [2.05, 4.69) is 10.3 Å². The Bertz CT molecular complexity index is 979. The van der Waals surface area contributed by atoms with Crippen LogP contribution in [0.4, 0.5) is 10.1 Å². The number of nitrogens with one attached hydrogen (secondary N) is 1. The van der Waals surface area contributed by atoms with Crippen LogP contribution in [0.5, 0.6) is 0 Å². The molecule has 5 nitrogen and oxygen atoms in total. The molecule has 0 spiro atoms. The van der Waals surface area contributed by atoms with E-state index in [4.69, 9.17) is 0 Å². The number of imidazole rings is 1. The molecule has 7 heteroatoms. The maximum atomic E-state index is 12.9. The summed E-state index contributed by atoms with van der Waals surface area (Å²) in [6.45, 7) is 2.19. The zero-order valence-corrected chi connectivity index (χ0v) is 14.3. The van der Waals surface area contributed by atoms with Crippen molar-refractivity contribution in [1.82, 2.24) is 9.55 Å². The van der Waals surface area contributed by atoms with Gasteiger partial charge in [0.1, 0.15) is 11.6 Å². The lowest BCUT2D eigenvalue weighted by molar-refractivity contribution is 0.595. The van der Waals surface area contributed by atoms with Crippen LogP contribution in [0, 0.1) is 12.7 Å². The van der Waals surface area contributed by atoms with Gasteiger partial charge in [0.2, 0.25) is 0 Å². The van der Waals surface area contributed by atoms with Crippen LogP contribution in [0.2, 0.25) is 0 Å². The highest BCUT2D eigenvalue weighted by molar-refractivity contribution is 7.91. The summed E-state index contributed by atoms with van der Waals surface area (Å²) < 4.78 is 39.3. The summed E-state index contributed by atoms with van der Waals surface area (Å²) in [5.74, 6) is 0.393. The van der Waals surface area contributed by atoms with E-state index in [-0.39, 0.29) is 17.2 Å². The Hall–Kier alpha value is -2.41. The maximum absolute atomic E-state index is 12.9. The lowest BCUT2D eigenvalue weighted by Gasteiger charge is -2.08. The standard InChI is InChI=1S/C17H18FN3O2S/c1-12-20-16-11-14(5-8-17(16)21(12)2)19-9-10-24(22,23)15-6-3-13(18)4-7-15/h3-8,11,19H,9-10H2,1-2H3. The number of sulfone groups is 1. The summed E-state index contributed by atoms with van der Waals surface area (Å²) in [7, 11) is -1.49. The van der Waals surface area contributed by atoms with Crippen LogP contribution < -0.4 is 5.32 Å². The highest BCUT2D eigenvalue weighted by Crippen LogP contribution is 2.19. The number of nitrogens with zero attached hydrogens (tertiary/aromatic N) is 2. The molecule has 0 saturated heterocycles. The molecule has 0 aliphatic heterocycles. The Labute approximate surface area is 140 Å². The number of anilines is 1. The molecule has 2 aromatic carbocycles. The van der Waals surface area contributed by atoms with Gasteiger partial charge in [-0.1, -0.05) is 0 Å². The molecule has 0 aliphatic rings. The number of aromatic nitrogens is 2. The largest absolute Gasteiger partial charge is 0.384 e. The van der Waals surface area contributed by atoms with E-state index < -0.39 is 15.7 Å². The molecule has 1 N–H and O–H groups in total. The van der Waals surface area contributed by atoms with Crippen molar-refractivity contribution in [3.8, 4) is 0 Å². The third kappa shape index (κ3) is 3.26. The first-order valence-electron chi connectivity index (χ1n) is 7.52. The van der Waals surface area contributed by atoms with E-state index in [1.54, 1.807) is 0 Å². The number of halogens is 1. The maximum Gasteiger partial charge on any atom is 0.180 e. The minimum absolute atomic E-state index is 0.0715. The Kier molecular flexibility index (Phi) is 4.28. The zero-order valence-electron chi connectivity index (χ0n) is 13.5. The second-order valence-corrected chi connectivity index (χ2v) is 7.73. The van der Waals surface area contributed by atoms with Gasteiger partial charge < -0.3 is 9.88 Å². The average Bonchev–Trinajstić information content (AvgIpc) is 2.82. The first-order valence-corrected chi connectivity index (χ1v) is 9.17. The summed E-state index contributed by atoms with van der Waals surface area (Å²) in [6.07, 6.45) is 0. The molecule has 1 aromatic heterocycles. The van der Waals surface area contributed by atoms with Crippen LogP contribution in [-0.2, 0) is 16.9 Å². The number of benzene rings is 2. The molecular formula is C17H18FN3O2S. The molecule has 0 atom stereocenters. The molecular weight excluding hydrogens is 329 g/mol. The molecule has 0 aliphatic carbocycles. The van der Waals surface area contributed by atoms with Crippen LogP contribution in [0.1, 0.15) is 5.82 Å². The van der Waals surface area contributed by atoms with Crippen LogP contribution in [0.25, 0.3) is 11.0 Å². The highest BCUT2D eigenvalue weighted by Gasteiger charge is 2.14. The van der Waals surface area contributed by atoms with Crippen molar-refractivity contribution < 1.29 is 12.8 Å². The van der Waals surface area contributed by atoms with Gasteiger partial charge in [-0.05, 0) is 49.4 Å². The molecule has 0 saturated carbocycles. The summed E-state index contributed by atoms with van der Waals surface area (Å²) in [6, 6.07) is 10.6. The van der Waals surface area contributed by atoms with Crippen molar-refractivity contribution in [1.29, 1.82) is 0 Å². The molecule has 24 heavy (non-hydrogen) atoms. The van der Waals surface area contributed by atoms with Crippen LogP contribution in [0.15, 0.2) is 47.4 Å². The van der Waals surface area contributed by atoms with Gasteiger partial charge in [-0.15, -0.1) is 0 Å². The second kappa shape index (κ2) is 6.24. The van der Waals surface area contributed by atoms with Crippen molar-refractivity contribution in [3.63, 3.8) is 0 Å². The van der Waals surface area contributed by atoms with Crippen molar-refractivity contribution in [2.45, 2.75) is 11.8 Å². The summed E-state index contributed by atoms with van der Waals surface area (Å²) >= 11 is 0. The van der Waals surface area contributed by atoms with E-state index in [1.165, 1.54) is 12.1 Å².